The van der Waals surface area contributed by atoms with E-state index in [1.54, 1.807) is 24.3 Å². The molecule has 0 atom stereocenters. The van der Waals surface area contributed by atoms with E-state index in [0.717, 1.165) is 23.3 Å². The molecule has 0 amide bonds. The summed E-state index contributed by atoms with van der Waals surface area (Å²) in [5.41, 5.74) is 22.0. The van der Waals surface area contributed by atoms with Gasteiger partial charge >= 0.3 is 0 Å². The first-order valence-corrected chi connectivity index (χ1v) is 16.8. The highest BCUT2D eigenvalue weighted by atomic mass is 32.2. The fourth-order valence-electron chi connectivity index (χ4n) is 5.10. The Morgan fingerprint density at radius 2 is 1.06 bits per heavy atom. The van der Waals surface area contributed by atoms with Crippen LogP contribution >= 0.6 is 0 Å². The second-order valence-electron chi connectivity index (χ2n) is 10.6. The van der Waals surface area contributed by atoms with Crippen LogP contribution in [0, 0.1) is 0 Å². The predicted molar refractivity (Wildman–Crippen MR) is 183 cm³/mol. The lowest BCUT2D eigenvalue weighted by atomic mass is 10.1. The molecule has 0 radical (unpaired) electrons. The van der Waals surface area contributed by atoms with Gasteiger partial charge in [0.1, 0.15) is 17.2 Å². The van der Waals surface area contributed by atoms with Crippen LogP contribution in [0.1, 0.15) is 0 Å². The molecule has 10 N–H and O–H groups in total. The number of hydrogen-bond donors (Lipinski definition) is 8. The van der Waals surface area contributed by atoms with Gasteiger partial charge in [-0.25, -0.2) is 0 Å². The van der Waals surface area contributed by atoms with Crippen molar-refractivity contribution in [2.45, 2.75) is 9.79 Å². The molecule has 0 spiro atoms. The van der Waals surface area contributed by atoms with Gasteiger partial charge in [-0.05, 0) is 70.4 Å². The number of benzene rings is 6. The molecular weight excluding hydrogens is 661 g/mol. The van der Waals surface area contributed by atoms with E-state index in [1.165, 1.54) is 36.4 Å². The molecule has 0 fully saturated rings. The molecule has 0 heterocycles. The van der Waals surface area contributed by atoms with E-state index in [2.05, 4.69) is 21.1 Å². The molecule has 14 nitrogen and oxygen atoms in total. The van der Waals surface area contributed by atoms with Crippen LogP contribution in [0.2, 0.25) is 0 Å². The molecule has 0 saturated heterocycles. The third-order valence-electron chi connectivity index (χ3n) is 7.46. The highest BCUT2D eigenvalue weighted by Gasteiger charge is 2.18. The van der Waals surface area contributed by atoms with Crippen LogP contribution in [0.25, 0.3) is 32.7 Å². The summed E-state index contributed by atoms with van der Waals surface area (Å²) in [6, 6.07) is 24.8. The second-order valence-corrected chi connectivity index (χ2v) is 13.5. The lowest BCUT2D eigenvalue weighted by Gasteiger charge is -2.16. The van der Waals surface area contributed by atoms with Gasteiger partial charge in [0, 0.05) is 12.1 Å². The van der Waals surface area contributed by atoms with Gasteiger partial charge < -0.3 is 27.1 Å². The maximum Gasteiger partial charge on any atom is 0.294 e. The summed E-state index contributed by atoms with van der Waals surface area (Å²) in [6.07, 6.45) is 0. The fourth-order valence-corrected chi connectivity index (χ4v) is 6.17. The van der Waals surface area contributed by atoms with Gasteiger partial charge in [-0.1, -0.05) is 36.4 Å². The highest BCUT2D eigenvalue weighted by Crippen LogP contribution is 2.41. The van der Waals surface area contributed by atoms with Crippen LogP contribution < -0.4 is 22.3 Å². The predicted octanol–water partition coefficient (Wildman–Crippen LogP) is 6.58. The molecule has 6 rings (SSSR count). The van der Waals surface area contributed by atoms with E-state index in [4.69, 9.17) is 11.5 Å². The van der Waals surface area contributed by atoms with Crippen molar-refractivity contribution in [3.05, 3.63) is 97.1 Å². The van der Waals surface area contributed by atoms with E-state index in [-0.39, 0.29) is 33.6 Å². The Kier molecular flexibility index (Phi) is 8.01. The Hall–Kier alpha value is -5.94. The smallest absolute Gasteiger partial charge is 0.294 e. The minimum absolute atomic E-state index is 0.135. The van der Waals surface area contributed by atoms with E-state index in [0.29, 0.717) is 27.8 Å². The van der Waals surface area contributed by atoms with Crippen molar-refractivity contribution in [1.29, 1.82) is 0 Å². The minimum atomic E-state index is -4.54. The molecule has 16 heteroatoms. The number of phenols is 2. The zero-order valence-electron chi connectivity index (χ0n) is 24.5. The number of rotatable bonds is 8. The van der Waals surface area contributed by atoms with E-state index >= 15 is 0 Å². The number of phenolic OH excluding ortho intramolecular Hbond substituents is 2. The largest absolute Gasteiger partial charge is 0.507 e. The first kappa shape index (κ1) is 32.0. The van der Waals surface area contributed by atoms with Gasteiger partial charge in [0.05, 0.1) is 49.0 Å². The first-order valence-electron chi connectivity index (χ1n) is 13.9. The third kappa shape index (κ3) is 6.36. The van der Waals surface area contributed by atoms with E-state index in [9.17, 15) is 36.2 Å². The molecule has 48 heavy (non-hydrogen) atoms. The van der Waals surface area contributed by atoms with Crippen LogP contribution in [-0.4, -0.2) is 36.2 Å². The first-order chi connectivity index (χ1) is 22.7. The number of hydrazine groups is 1. The number of anilines is 4. The lowest BCUT2D eigenvalue weighted by Crippen LogP contribution is -2.11. The molecule has 0 aliphatic heterocycles. The summed E-state index contributed by atoms with van der Waals surface area (Å²) in [6.45, 7) is 0. The van der Waals surface area contributed by atoms with Crippen LogP contribution in [0.3, 0.4) is 0 Å². The topological polar surface area (TPSA) is 250 Å². The van der Waals surface area contributed by atoms with Crippen molar-refractivity contribution in [3.63, 3.8) is 0 Å². The number of hydrogen-bond acceptors (Lipinski definition) is 12. The van der Waals surface area contributed by atoms with Gasteiger partial charge in [-0.2, -0.15) is 21.9 Å². The molecule has 6 aromatic rings. The molecule has 0 unspecified atom stereocenters. The van der Waals surface area contributed by atoms with E-state index in [1.807, 2.05) is 24.3 Å². The van der Waals surface area contributed by atoms with Crippen molar-refractivity contribution >= 4 is 75.9 Å². The lowest BCUT2D eigenvalue weighted by molar-refractivity contribution is 0.470. The van der Waals surface area contributed by atoms with Crippen molar-refractivity contribution in [2.75, 3.05) is 22.3 Å². The zero-order chi connectivity index (χ0) is 34.4. The maximum absolute atomic E-state index is 11.6. The quantitative estimate of drug-likeness (QED) is 0.0366. The van der Waals surface area contributed by atoms with Crippen molar-refractivity contribution in [2.24, 2.45) is 10.2 Å². The van der Waals surface area contributed by atoms with Gasteiger partial charge in [0.15, 0.2) is 0 Å². The number of nitrogen functional groups attached to an aromatic ring is 2. The molecular formula is C32H26N6O8S2. The monoisotopic (exact) mass is 686 g/mol. The summed E-state index contributed by atoms with van der Waals surface area (Å²) < 4.78 is 65.0. The molecule has 0 aliphatic rings. The van der Waals surface area contributed by atoms with Crippen LogP contribution in [0.4, 0.5) is 34.1 Å². The van der Waals surface area contributed by atoms with Crippen LogP contribution in [0.15, 0.2) is 117 Å². The number of nitrogens with zero attached hydrogens (tertiary/aromatic N) is 2. The Bertz CT molecular complexity index is 2490. The van der Waals surface area contributed by atoms with Gasteiger partial charge in [0.2, 0.25) is 0 Å². The number of azo groups is 1. The molecule has 0 aliphatic carbocycles. The SMILES string of the molecule is Nc1ccc2cc(S(=O)(=O)O)cc(O)c2c1/N=N/c1ccc(-c2ccc(NNc3c(N)ccc4cc(S(=O)(=O)O)cc(O)c34)cc2)cc1. The average Bonchev–Trinajstić information content (AvgIpc) is 3.03. The Balaban J connectivity index is 1.19. The molecule has 244 valence electrons. The number of nitrogens with one attached hydrogen (secondary N) is 2. The minimum Gasteiger partial charge on any atom is -0.507 e. The van der Waals surface area contributed by atoms with E-state index < -0.39 is 35.8 Å². The molecule has 0 saturated carbocycles. The summed E-state index contributed by atoms with van der Waals surface area (Å²) in [4.78, 5) is -0.915. The molecule has 6 aromatic carbocycles. The third-order valence-corrected chi connectivity index (χ3v) is 9.12. The van der Waals surface area contributed by atoms with Gasteiger partial charge in [-0.15, -0.1) is 5.11 Å². The standard InChI is InChI=1S/C32H26N6O8S2/c33-25-11-5-19-13-23(47(41,42)43)15-27(39)29(19)31(25)37-35-21-7-1-17(2-8-21)18-3-9-22(10-4-18)36-38-32-26(34)12-6-20-14-24(48(44,45)46)16-28(40)30(20)32/h1-16,35,37,39-40H,33-34H2,(H,41,42,43)(H,44,45,46)/b38-36+. The Labute approximate surface area is 273 Å². The van der Waals surface area contributed by atoms with Crippen molar-refractivity contribution in [1.82, 2.24) is 0 Å². The normalized spacial score (nSPS) is 12.1. The van der Waals surface area contributed by atoms with Crippen LogP contribution in [-0.2, 0) is 20.2 Å². The van der Waals surface area contributed by atoms with Crippen molar-refractivity contribution < 1.29 is 36.2 Å². The van der Waals surface area contributed by atoms with Crippen LogP contribution in [0.5, 0.6) is 11.5 Å². The van der Waals surface area contributed by atoms with Gasteiger partial charge in [0.25, 0.3) is 20.2 Å². The summed E-state index contributed by atoms with van der Waals surface area (Å²) in [5, 5.41) is 30.6. The fraction of sp³-hybridized carbons (Fsp3) is 0. The summed E-state index contributed by atoms with van der Waals surface area (Å²) in [5.74, 6) is -0.819. The Morgan fingerprint density at radius 3 is 1.62 bits per heavy atom. The average molecular weight is 687 g/mol. The second kappa shape index (κ2) is 12.0. The van der Waals surface area contributed by atoms with Crippen molar-refractivity contribution in [3.8, 4) is 22.6 Å². The maximum atomic E-state index is 11.6. The zero-order valence-corrected chi connectivity index (χ0v) is 26.2. The summed E-state index contributed by atoms with van der Waals surface area (Å²) in [7, 11) is -9.07. The summed E-state index contributed by atoms with van der Waals surface area (Å²) >= 11 is 0. The van der Waals surface area contributed by atoms with Gasteiger partial charge in [-0.3, -0.25) is 14.5 Å². The molecule has 0 aromatic heterocycles. The number of aromatic hydroxyl groups is 2. The highest BCUT2D eigenvalue weighted by molar-refractivity contribution is 7.86. The molecule has 0 bridgehead atoms. The Morgan fingerprint density at radius 1 is 0.562 bits per heavy atom. The number of fused-ring (bicyclic) bond motifs is 2. The number of nitrogens with two attached hydrogens (primary N) is 2.